The molecular formula is C18H18ClF3N2O4. The summed E-state index contributed by atoms with van der Waals surface area (Å²) >= 11 is 5.80. The first-order chi connectivity index (χ1) is 13.2. The molecule has 2 aromatic rings. The summed E-state index contributed by atoms with van der Waals surface area (Å²) < 4.78 is 53.7. The third kappa shape index (κ3) is 6.28. The molecule has 0 saturated carbocycles. The topological polar surface area (TPSA) is 83.7 Å². The zero-order valence-corrected chi connectivity index (χ0v) is 15.6. The first-order valence-electron chi connectivity index (χ1n) is 8.10. The van der Waals surface area contributed by atoms with Crippen LogP contribution in [0.3, 0.4) is 0 Å². The highest BCUT2D eigenvalue weighted by Crippen LogP contribution is 2.33. The van der Waals surface area contributed by atoms with E-state index in [0.717, 1.165) is 0 Å². The number of primary amides is 1. The van der Waals surface area contributed by atoms with Crippen molar-refractivity contribution in [2.24, 2.45) is 5.73 Å². The maximum absolute atomic E-state index is 12.7. The van der Waals surface area contributed by atoms with Gasteiger partial charge in [0.25, 0.3) is 5.91 Å². The average molecular weight is 419 g/mol. The van der Waals surface area contributed by atoms with Crippen molar-refractivity contribution in [3.8, 4) is 11.6 Å². The first-order valence-corrected chi connectivity index (χ1v) is 8.48. The minimum absolute atomic E-state index is 0.0761. The van der Waals surface area contributed by atoms with Gasteiger partial charge in [-0.1, -0.05) is 23.7 Å². The van der Waals surface area contributed by atoms with E-state index in [-0.39, 0.29) is 17.3 Å². The fourth-order valence-electron chi connectivity index (χ4n) is 2.18. The van der Waals surface area contributed by atoms with Gasteiger partial charge in [0, 0.05) is 19.7 Å². The number of methoxy groups -OCH3 is 1. The zero-order chi connectivity index (χ0) is 20.7. The Hall–Kier alpha value is -2.52. The summed E-state index contributed by atoms with van der Waals surface area (Å²) in [4.78, 5) is 15.2. The quantitative estimate of drug-likeness (QED) is 0.632. The van der Waals surface area contributed by atoms with Crippen molar-refractivity contribution in [1.82, 2.24) is 4.98 Å². The normalized spacial score (nSPS) is 12.5. The summed E-state index contributed by atoms with van der Waals surface area (Å²) in [6, 6.07) is 7.50. The summed E-state index contributed by atoms with van der Waals surface area (Å²) in [7, 11) is 1.56. The number of pyridine rings is 1. The molecule has 2 rings (SSSR count). The Morgan fingerprint density at radius 1 is 1.25 bits per heavy atom. The standard InChI is InChI=1S/C18H18ClF3N2O4/c1-26-6-7-27-13-4-2-11(3-5-13)8-15(16(23)25)28-17-14(19)9-12(10-24-17)18(20,21)22/h2-5,9-10,15H,6-8H2,1H3,(H2,23,25). The number of rotatable bonds is 9. The largest absolute Gasteiger partial charge is 0.491 e. The van der Waals surface area contributed by atoms with Crippen LogP contribution >= 0.6 is 11.6 Å². The Balaban J connectivity index is 2.07. The van der Waals surface area contributed by atoms with Gasteiger partial charge in [-0.15, -0.1) is 0 Å². The number of carbonyl (C=O) groups is 1. The number of hydrogen-bond donors (Lipinski definition) is 1. The molecule has 0 bridgehead atoms. The van der Waals surface area contributed by atoms with Gasteiger partial charge in [-0.05, 0) is 23.8 Å². The van der Waals surface area contributed by atoms with Gasteiger partial charge in [-0.2, -0.15) is 13.2 Å². The number of benzene rings is 1. The highest BCUT2D eigenvalue weighted by molar-refractivity contribution is 6.31. The molecular weight excluding hydrogens is 401 g/mol. The molecule has 1 atom stereocenters. The molecule has 1 aromatic heterocycles. The van der Waals surface area contributed by atoms with Crippen LogP contribution in [0.1, 0.15) is 11.1 Å². The van der Waals surface area contributed by atoms with Gasteiger partial charge in [-0.25, -0.2) is 4.98 Å². The lowest BCUT2D eigenvalue weighted by Crippen LogP contribution is -2.36. The Kier molecular flexibility index (Phi) is 7.47. The number of amides is 1. The molecule has 1 aromatic carbocycles. The summed E-state index contributed by atoms with van der Waals surface area (Å²) in [6.45, 7) is 0.835. The second kappa shape index (κ2) is 9.61. The molecule has 0 radical (unpaired) electrons. The van der Waals surface area contributed by atoms with Gasteiger partial charge >= 0.3 is 6.18 Å². The second-order valence-electron chi connectivity index (χ2n) is 5.71. The number of halogens is 4. The van der Waals surface area contributed by atoms with Crippen molar-refractivity contribution in [2.75, 3.05) is 20.3 Å². The van der Waals surface area contributed by atoms with Gasteiger partial charge in [0.2, 0.25) is 5.88 Å². The molecule has 0 saturated heterocycles. The third-order valence-corrected chi connectivity index (χ3v) is 3.88. The van der Waals surface area contributed by atoms with Crippen LogP contribution in [0, 0.1) is 0 Å². The summed E-state index contributed by atoms with van der Waals surface area (Å²) in [6.07, 6.45) is -5.11. The van der Waals surface area contributed by atoms with E-state index in [1.54, 1.807) is 31.4 Å². The summed E-state index contributed by atoms with van der Waals surface area (Å²) in [5.74, 6) is -0.499. The number of alkyl halides is 3. The highest BCUT2D eigenvalue weighted by atomic mass is 35.5. The van der Waals surface area contributed by atoms with Crippen LogP contribution < -0.4 is 15.2 Å². The number of aromatic nitrogens is 1. The number of nitrogens with zero attached hydrogens (tertiary/aromatic N) is 1. The van der Waals surface area contributed by atoms with Crippen molar-refractivity contribution < 1.29 is 32.2 Å². The lowest BCUT2D eigenvalue weighted by molar-refractivity contribution is -0.138. The van der Waals surface area contributed by atoms with Gasteiger partial charge in [0.05, 0.1) is 12.2 Å². The van der Waals surface area contributed by atoms with Gasteiger partial charge in [0.15, 0.2) is 6.10 Å². The van der Waals surface area contributed by atoms with E-state index in [9.17, 15) is 18.0 Å². The Morgan fingerprint density at radius 2 is 1.93 bits per heavy atom. The molecule has 1 unspecified atom stereocenters. The van der Waals surface area contributed by atoms with Crippen LogP contribution in [-0.4, -0.2) is 37.3 Å². The van der Waals surface area contributed by atoms with Gasteiger partial charge in [0.1, 0.15) is 17.4 Å². The van der Waals surface area contributed by atoms with E-state index in [2.05, 4.69) is 4.98 Å². The van der Waals surface area contributed by atoms with E-state index in [1.807, 2.05) is 0 Å². The molecule has 0 spiro atoms. The van der Waals surface area contributed by atoms with Crippen LogP contribution in [0.15, 0.2) is 36.5 Å². The minimum atomic E-state index is -4.59. The number of ether oxygens (including phenoxy) is 3. The molecule has 0 aliphatic rings. The molecule has 152 valence electrons. The van der Waals surface area contributed by atoms with Crippen LogP contribution in [0.2, 0.25) is 5.02 Å². The van der Waals surface area contributed by atoms with Crippen molar-refractivity contribution in [3.63, 3.8) is 0 Å². The molecule has 0 aliphatic carbocycles. The Morgan fingerprint density at radius 3 is 2.46 bits per heavy atom. The monoisotopic (exact) mass is 418 g/mol. The van der Waals surface area contributed by atoms with Crippen molar-refractivity contribution in [3.05, 3.63) is 52.7 Å². The molecule has 1 heterocycles. The van der Waals surface area contributed by atoms with Gasteiger partial charge in [-0.3, -0.25) is 4.79 Å². The molecule has 28 heavy (non-hydrogen) atoms. The highest BCUT2D eigenvalue weighted by Gasteiger charge is 2.32. The van der Waals surface area contributed by atoms with Crippen LogP contribution in [0.4, 0.5) is 13.2 Å². The number of hydrogen-bond acceptors (Lipinski definition) is 5. The van der Waals surface area contributed by atoms with E-state index in [1.165, 1.54) is 0 Å². The Labute approximate surface area is 164 Å². The number of carbonyl (C=O) groups excluding carboxylic acids is 1. The maximum atomic E-state index is 12.7. The second-order valence-corrected chi connectivity index (χ2v) is 6.11. The fraction of sp³-hybridized carbons (Fsp3) is 0.333. The van der Waals surface area contributed by atoms with Crippen molar-refractivity contribution in [1.29, 1.82) is 0 Å². The predicted octanol–water partition coefficient (Wildman–Crippen LogP) is 3.25. The average Bonchev–Trinajstić information content (AvgIpc) is 2.63. The summed E-state index contributed by atoms with van der Waals surface area (Å²) in [5.41, 5.74) is 5.02. The smallest absolute Gasteiger partial charge is 0.417 e. The molecule has 1 amide bonds. The number of nitrogens with two attached hydrogens (primary N) is 1. The lowest BCUT2D eigenvalue weighted by Gasteiger charge is -2.17. The molecule has 6 nitrogen and oxygen atoms in total. The zero-order valence-electron chi connectivity index (χ0n) is 14.8. The lowest BCUT2D eigenvalue weighted by atomic mass is 10.1. The third-order valence-electron chi connectivity index (χ3n) is 3.61. The van der Waals surface area contributed by atoms with Crippen molar-refractivity contribution >= 4 is 17.5 Å². The molecule has 0 fully saturated rings. The van der Waals surface area contributed by atoms with E-state index in [0.29, 0.717) is 36.8 Å². The van der Waals surface area contributed by atoms with E-state index < -0.39 is 23.8 Å². The first kappa shape index (κ1) is 21.8. The van der Waals surface area contributed by atoms with Crippen LogP contribution in [0.25, 0.3) is 0 Å². The summed E-state index contributed by atoms with van der Waals surface area (Å²) in [5, 5.41) is -0.372. The molecule has 0 aliphatic heterocycles. The predicted molar refractivity (Wildman–Crippen MR) is 95.4 cm³/mol. The van der Waals surface area contributed by atoms with Crippen LogP contribution in [0.5, 0.6) is 11.6 Å². The maximum Gasteiger partial charge on any atom is 0.417 e. The Bertz CT molecular complexity index is 800. The van der Waals surface area contributed by atoms with Gasteiger partial charge < -0.3 is 19.9 Å². The van der Waals surface area contributed by atoms with E-state index >= 15 is 0 Å². The van der Waals surface area contributed by atoms with Crippen molar-refractivity contribution in [2.45, 2.75) is 18.7 Å². The fourth-order valence-corrected chi connectivity index (χ4v) is 2.39. The molecule has 2 N–H and O–H groups in total. The molecule has 10 heteroatoms. The van der Waals surface area contributed by atoms with Crippen LogP contribution in [-0.2, 0) is 22.1 Å². The SMILES string of the molecule is COCCOc1ccc(CC(Oc2ncc(C(F)(F)F)cc2Cl)C(N)=O)cc1. The minimum Gasteiger partial charge on any atom is -0.491 e. The van der Waals surface area contributed by atoms with E-state index in [4.69, 9.17) is 31.5 Å².